The summed E-state index contributed by atoms with van der Waals surface area (Å²) >= 11 is 0. The molecule has 1 saturated carbocycles. The average Bonchev–Trinajstić information content (AvgIpc) is 2.82. The summed E-state index contributed by atoms with van der Waals surface area (Å²) in [5.74, 6) is 1.39. The molecule has 1 aliphatic carbocycles. The summed E-state index contributed by atoms with van der Waals surface area (Å²) in [6.45, 7) is 5.64. The summed E-state index contributed by atoms with van der Waals surface area (Å²) in [7, 11) is 0. The first kappa shape index (κ1) is 15.0. The van der Waals surface area contributed by atoms with E-state index >= 15 is 0 Å². The lowest BCUT2D eigenvalue weighted by atomic mass is 9.82. The van der Waals surface area contributed by atoms with Crippen LogP contribution in [0.15, 0.2) is 12.4 Å². The highest BCUT2D eigenvalue weighted by Gasteiger charge is 2.35. The number of rotatable bonds is 5. The molecule has 2 rings (SSSR count). The molecule has 1 aliphatic rings. The van der Waals surface area contributed by atoms with E-state index in [1.165, 1.54) is 6.42 Å². The van der Waals surface area contributed by atoms with E-state index in [1.54, 1.807) is 6.20 Å². The zero-order chi connectivity index (χ0) is 14.6. The van der Waals surface area contributed by atoms with Crippen molar-refractivity contribution >= 4 is 5.91 Å². The molecule has 0 saturated heterocycles. The topological polar surface area (TPSA) is 72.9 Å². The van der Waals surface area contributed by atoms with Crippen molar-refractivity contribution in [3.05, 3.63) is 18.2 Å². The monoisotopic (exact) mass is 278 g/mol. The quantitative estimate of drug-likeness (QED) is 0.859. The number of nitrogens with two attached hydrogens (primary N) is 1. The molecule has 1 aromatic rings. The largest absolute Gasteiger partial charge is 0.354 e. The standard InChI is InChI=1S/C15H26N4O/c1-12(11-19-9-8-17-13(19)2)10-18-14(20)15(16)6-4-3-5-7-15/h8-9,12H,3-7,10-11,16H2,1-2H3,(H,18,20). The number of amides is 1. The Morgan fingerprint density at radius 2 is 2.20 bits per heavy atom. The average molecular weight is 278 g/mol. The second kappa shape index (κ2) is 6.39. The van der Waals surface area contributed by atoms with Crippen molar-refractivity contribution in [2.45, 2.75) is 58.0 Å². The molecule has 1 fully saturated rings. The molecule has 112 valence electrons. The van der Waals surface area contributed by atoms with Crippen LogP contribution in [0, 0.1) is 12.8 Å². The lowest BCUT2D eigenvalue weighted by molar-refractivity contribution is -0.127. The van der Waals surface area contributed by atoms with Gasteiger partial charge in [-0.1, -0.05) is 26.2 Å². The highest BCUT2D eigenvalue weighted by atomic mass is 16.2. The number of imidazole rings is 1. The highest BCUT2D eigenvalue weighted by Crippen LogP contribution is 2.25. The van der Waals surface area contributed by atoms with E-state index in [1.807, 2.05) is 13.1 Å². The Hall–Kier alpha value is -1.36. The van der Waals surface area contributed by atoms with Gasteiger partial charge in [-0.15, -0.1) is 0 Å². The molecule has 1 unspecified atom stereocenters. The molecular weight excluding hydrogens is 252 g/mol. The van der Waals surface area contributed by atoms with Crippen molar-refractivity contribution in [2.75, 3.05) is 6.54 Å². The van der Waals surface area contributed by atoms with Crippen molar-refractivity contribution in [3.63, 3.8) is 0 Å². The predicted molar refractivity (Wildman–Crippen MR) is 79.1 cm³/mol. The van der Waals surface area contributed by atoms with Crippen LogP contribution in [0.1, 0.15) is 44.9 Å². The summed E-state index contributed by atoms with van der Waals surface area (Å²) < 4.78 is 2.11. The van der Waals surface area contributed by atoms with E-state index in [0.29, 0.717) is 12.5 Å². The number of carbonyl (C=O) groups is 1. The maximum Gasteiger partial charge on any atom is 0.240 e. The summed E-state index contributed by atoms with van der Waals surface area (Å²) in [5, 5.41) is 3.03. The molecule has 3 N–H and O–H groups in total. The molecule has 1 amide bonds. The Balaban J connectivity index is 1.79. The number of hydrogen-bond donors (Lipinski definition) is 2. The molecule has 0 radical (unpaired) electrons. The van der Waals surface area contributed by atoms with Gasteiger partial charge < -0.3 is 15.6 Å². The van der Waals surface area contributed by atoms with E-state index in [4.69, 9.17) is 5.73 Å². The second-order valence-corrected chi connectivity index (χ2v) is 6.16. The van der Waals surface area contributed by atoms with Gasteiger partial charge in [-0.05, 0) is 25.7 Å². The maximum absolute atomic E-state index is 12.2. The van der Waals surface area contributed by atoms with E-state index in [9.17, 15) is 4.79 Å². The molecule has 0 aromatic carbocycles. The fourth-order valence-corrected chi connectivity index (χ4v) is 2.85. The lowest BCUT2D eigenvalue weighted by Gasteiger charge is -2.32. The first-order valence-electron chi connectivity index (χ1n) is 7.56. The third kappa shape index (κ3) is 3.60. The van der Waals surface area contributed by atoms with Crippen LogP contribution in [0.5, 0.6) is 0 Å². The first-order valence-corrected chi connectivity index (χ1v) is 7.56. The molecule has 0 aliphatic heterocycles. The molecule has 0 bridgehead atoms. The fourth-order valence-electron chi connectivity index (χ4n) is 2.85. The summed E-state index contributed by atoms with van der Waals surface area (Å²) in [6, 6.07) is 0. The predicted octanol–water partition coefficient (Wildman–Crippen LogP) is 1.61. The van der Waals surface area contributed by atoms with Crippen molar-refractivity contribution in [1.29, 1.82) is 0 Å². The van der Waals surface area contributed by atoms with E-state index in [-0.39, 0.29) is 5.91 Å². The van der Waals surface area contributed by atoms with Gasteiger partial charge in [-0.25, -0.2) is 4.98 Å². The Labute approximate surface area is 120 Å². The van der Waals surface area contributed by atoms with E-state index in [0.717, 1.165) is 38.1 Å². The van der Waals surface area contributed by atoms with Gasteiger partial charge in [-0.3, -0.25) is 4.79 Å². The Kier molecular flexibility index (Phi) is 4.81. The zero-order valence-corrected chi connectivity index (χ0v) is 12.6. The Morgan fingerprint density at radius 1 is 1.50 bits per heavy atom. The molecule has 5 nitrogen and oxygen atoms in total. The van der Waals surface area contributed by atoms with Gasteiger partial charge in [0.1, 0.15) is 5.82 Å². The van der Waals surface area contributed by atoms with Crippen molar-refractivity contribution < 1.29 is 4.79 Å². The van der Waals surface area contributed by atoms with Gasteiger partial charge in [0.05, 0.1) is 5.54 Å². The van der Waals surface area contributed by atoms with Gasteiger partial charge >= 0.3 is 0 Å². The maximum atomic E-state index is 12.2. The molecule has 0 spiro atoms. The smallest absolute Gasteiger partial charge is 0.240 e. The van der Waals surface area contributed by atoms with Crippen LogP contribution in [0.2, 0.25) is 0 Å². The third-order valence-electron chi connectivity index (χ3n) is 4.24. The van der Waals surface area contributed by atoms with Gasteiger partial charge in [0.25, 0.3) is 0 Å². The van der Waals surface area contributed by atoms with E-state index in [2.05, 4.69) is 21.8 Å². The Bertz CT molecular complexity index is 448. The van der Waals surface area contributed by atoms with Crippen molar-refractivity contribution in [1.82, 2.24) is 14.9 Å². The SMILES string of the molecule is Cc1nccn1CC(C)CNC(=O)C1(N)CCCCC1. The number of aryl methyl sites for hydroxylation is 1. The van der Waals surface area contributed by atoms with Crippen LogP contribution in [0.4, 0.5) is 0 Å². The molecule has 1 aromatic heterocycles. The van der Waals surface area contributed by atoms with E-state index < -0.39 is 5.54 Å². The Morgan fingerprint density at radius 3 is 2.80 bits per heavy atom. The van der Waals surface area contributed by atoms with Crippen LogP contribution in [-0.4, -0.2) is 27.5 Å². The van der Waals surface area contributed by atoms with Crippen LogP contribution in [-0.2, 0) is 11.3 Å². The normalized spacial score (nSPS) is 19.6. The number of aromatic nitrogens is 2. The summed E-state index contributed by atoms with van der Waals surface area (Å²) in [4.78, 5) is 16.4. The highest BCUT2D eigenvalue weighted by molar-refractivity contribution is 5.86. The molecule has 5 heteroatoms. The first-order chi connectivity index (χ1) is 9.51. The van der Waals surface area contributed by atoms with Crippen LogP contribution < -0.4 is 11.1 Å². The van der Waals surface area contributed by atoms with Crippen LogP contribution in [0.25, 0.3) is 0 Å². The number of nitrogens with one attached hydrogen (secondary N) is 1. The van der Waals surface area contributed by atoms with Crippen LogP contribution in [0.3, 0.4) is 0 Å². The molecule has 20 heavy (non-hydrogen) atoms. The van der Waals surface area contributed by atoms with Gasteiger partial charge in [0.15, 0.2) is 0 Å². The zero-order valence-electron chi connectivity index (χ0n) is 12.6. The number of carbonyl (C=O) groups excluding carboxylic acids is 1. The minimum absolute atomic E-state index is 0.0198. The van der Waals surface area contributed by atoms with Gasteiger partial charge in [-0.2, -0.15) is 0 Å². The van der Waals surface area contributed by atoms with Gasteiger partial charge in [0, 0.05) is 25.5 Å². The summed E-state index contributed by atoms with van der Waals surface area (Å²) in [5.41, 5.74) is 5.59. The molecule has 1 atom stereocenters. The number of hydrogen-bond acceptors (Lipinski definition) is 3. The number of nitrogens with zero attached hydrogens (tertiary/aromatic N) is 2. The third-order valence-corrected chi connectivity index (χ3v) is 4.24. The van der Waals surface area contributed by atoms with Crippen molar-refractivity contribution in [3.8, 4) is 0 Å². The minimum atomic E-state index is -0.636. The van der Waals surface area contributed by atoms with Crippen molar-refractivity contribution in [2.24, 2.45) is 11.7 Å². The lowest BCUT2D eigenvalue weighted by Crippen LogP contribution is -2.55. The molecule has 1 heterocycles. The van der Waals surface area contributed by atoms with Gasteiger partial charge in [0.2, 0.25) is 5.91 Å². The fraction of sp³-hybridized carbons (Fsp3) is 0.733. The van der Waals surface area contributed by atoms with Crippen LogP contribution >= 0.6 is 0 Å². The minimum Gasteiger partial charge on any atom is -0.354 e. The second-order valence-electron chi connectivity index (χ2n) is 6.16. The summed E-state index contributed by atoms with van der Waals surface area (Å²) in [6.07, 6.45) is 8.72. The molecular formula is C15H26N4O.